The van der Waals surface area contributed by atoms with Crippen molar-refractivity contribution in [1.29, 1.82) is 0 Å². The Morgan fingerprint density at radius 2 is 1.81 bits per heavy atom. The van der Waals surface area contributed by atoms with Gasteiger partial charge in [0.2, 0.25) is 0 Å². The zero-order valence-electron chi connectivity index (χ0n) is 9.15. The minimum Gasteiger partial charge on any atom is -0.324 e. The van der Waals surface area contributed by atoms with Gasteiger partial charge in [-0.05, 0) is 35.7 Å². The van der Waals surface area contributed by atoms with Gasteiger partial charge in [-0.3, -0.25) is 0 Å². The average Bonchev–Trinajstić information content (AvgIpc) is 2.29. The number of hydrogen-bond donors (Lipinski definition) is 1. The molecule has 0 saturated heterocycles. The molecule has 2 N–H and O–H groups in total. The second-order valence-electron chi connectivity index (χ2n) is 3.89. The topological polar surface area (TPSA) is 26.0 Å². The van der Waals surface area contributed by atoms with Crippen LogP contribution in [0.1, 0.15) is 18.5 Å². The maximum absolute atomic E-state index is 6.00. The molecule has 0 fully saturated rings. The number of benzene rings is 2. The molecule has 0 aliphatic rings. The first kappa shape index (κ1) is 11.2. The van der Waals surface area contributed by atoms with Crippen molar-refractivity contribution in [3.63, 3.8) is 0 Å². The Kier molecular flexibility index (Phi) is 3.28. The molecule has 2 aromatic rings. The van der Waals surface area contributed by atoms with Crippen molar-refractivity contribution in [2.75, 3.05) is 0 Å². The van der Waals surface area contributed by atoms with E-state index in [1.807, 2.05) is 43.3 Å². The Hall–Kier alpha value is -1.31. The number of rotatable bonds is 2. The Morgan fingerprint density at radius 1 is 1.06 bits per heavy atom. The SMILES string of the molecule is CC(N)c1ccccc1-c1cccc(Cl)c1. The van der Waals surface area contributed by atoms with Gasteiger partial charge in [0, 0.05) is 11.1 Å². The molecule has 1 atom stereocenters. The smallest absolute Gasteiger partial charge is 0.0412 e. The molecule has 0 bridgehead atoms. The largest absolute Gasteiger partial charge is 0.324 e. The molecule has 0 aliphatic carbocycles. The van der Waals surface area contributed by atoms with E-state index in [2.05, 4.69) is 12.1 Å². The summed E-state index contributed by atoms with van der Waals surface area (Å²) >= 11 is 6.00. The Morgan fingerprint density at radius 3 is 2.50 bits per heavy atom. The summed E-state index contributed by atoms with van der Waals surface area (Å²) in [5, 5.41) is 0.747. The van der Waals surface area contributed by atoms with Crippen LogP contribution in [-0.4, -0.2) is 0 Å². The molecule has 2 aromatic carbocycles. The van der Waals surface area contributed by atoms with E-state index in [1.54, 1.807) is 0 Å². The van der Waals surface area contributed by atoms with Gasteiger partial charge in [-0.15, -0.1) is 0 Å². The molecule has 0 heterocycles. The van der Waals surface area contributed by atoms with E-state index in [1.165, 1.54) is 0 Å². The summed E-state index contributed by atoms with van der Waals surface area (Å²) < 4.78 is 0. The zero-order valence-corrected chi connectivity index (χ0v) is 9.91. The lowest BCUT2D eigenvalue weighted by Gasteiger charge is -2.12. The number of halogens is 1. The van der Waals surface area contributed by atoms with Gasteiger partial charge in [0.1, 0.15) is 0 Å². The third-order valence-corrected chi connectivity index (χ3v) is 2.82. The second-order valence-corrected chi connectivity index (χ2v) is 4.32. The fourth-order valence-corrected chi connectivity index (χ4v) is 2.00. The van der Waals surface area contributed by atoms with Crippen LogP contribution in [0.5, 0.6) is 0 Å². The van der Waals surface area contributed by atoms with Gasteiger partial charge < -0.3 is 5.73 Å². The molecular formula is C14H14ClN. The van der Waals surface area contributed by atoms with Crippen molar-refractivity contribution < 1.29 is 0 Å². The predicted molar refractivity (Wildman–Crippen MR) is 69.5 cm³/mol. The number of hydrogen-bond acceptors (Lipinski definition) is 1. The van der Waals surface area contributed by atoms with E-state index in [0.29, 0.717) is 0 Å². The molecule has 82 valence electrons. The van der Waals surface area contributed by atoms with Crippen LogP contribution in [-0.2, 0) is 0 Å². The lowest BCUT2D eigenvalue weighted by atomic mass is 9.96. The molecule has 0 saturated carbocycles. The summed E-state index contributed by atoms with van der Waals surface area (Å²) in [4.78, 5) is 0. The molecule has 0 aromatic heterocycles. The summed E-state index contributed by atoms with van der Waals surface area (Å²) in [5.41, 5.74) is 9.36. The van der Waals surface area contributed by atoms with E-state index in [-0.39, 0.29) is 6.04 Å². The van der Waals surface area contributed by atoms with E-state index in [4.69, 9.17) is 17.3 Å². The van der Waals surface area contributed by atoms with Crippen LogP contribution in [0.2, 0.25) is 5.02 Å². The monoisotopic (exact) mass is 231 g/mol. The summed E-state index contributed by atoms with van der Waals surface area (Å²) in [7, 11) is 0. The van der Waals surface area contributed by atoms with Crippen molar-refractivity contribution in [2.45, 2.75) is 13.0 Å². The van der Waals surface area contributed by atoms with Crippen LogP contribution in [0, 0.1) is 0 Å². The van der Waals surface area contributed by atoms with Gasteiger partial charge in [0.15, 0.2) is 0 Å². The molecule has 0 radical (unpaired) electrons. The standard InChI is InChI=1S/C14H14ClN/c1-10(16)13-7-2-3-8-14(13)11-5-4-6-12(15)9-11/h2-10H,16H2,1H3. The minimum atomic E-state index is 0.0233. The van der Waals surface area contributed by atoms with Gasteiger partial charge in [0.25, 0.3) is 0 Å². The summed E-state index contributed by atoms with van der Waals surface area (Å²) in [6.07, 6.45) is 0. The molecule has 1 nitrogen and oxygen atoms in total. The second kappa shape index (κ2) is 4.69. The van der Waals surface area contributed by atoms with Crippen LogP contribution in [0.15, 0.2) is 48.5 Å². The summed E-state index contributed by atoms with van der Waals surface area (Å²) in [6, 6.07) is 16.0. The lowest BCUT2D eigenvalue weighted by molar-refractivity contribution is 0.820. The molecule has 0 aliphatic heterocycles. The van der Waals surface area contributed by atoms with Crippen LogP contribution in [0.3, 0.4) is 0 Å². The van der Waals surface area contributed by atoms with Gasteiger partial charge >= 0.3 is 0 Å². The van der Waals surface area contributed by atoms with Gasteiger partial charge in [-0.25, -0.2) is 0 Å². The highest BCUT2D eigenvalue weighted by molar-refractivity contribution is 6.30. The Labute approximate surface area is 101 Å². The van der Waals surface area contributed by atoms with E-state index in [9.17, 15) is 0 Å². The highest BCUT2D eigenvalue weighted by Crippen LogP contribution is 2.28. The third-order valence-electron chi connectivity index (χ3n) is 2.59. The van der Waals surface area contributed by atoms with Gasteiger partial charge in [0.05, 0.1) is 0 Å². The summed E-state index contributed by atoms with van der Waals surface area (Å²) in [6.45, 7) is 1.99. The van der Waals surface area contributed by atoms with Crippen LogP contribution in [0.25, 0.3) is 11.1 Å². The van der Waals surface area contributed by atoms with E-state index in [0.717, 1.165) is 21.7 Å². The first-order valence-corrected chi connectivity index (χ1v) is 5.67. The molecule has 0 spiro atoms. The fraction of sp³-hybridized carbons (Fsp3) is 0.143. The van der Waals surface area contributed by atoms with Crippen molar-refractivity contribution in [3.05, 3.63) is 59.1 Å². The lowest BCUT2D eigenvalue weighted by Crippen LogP contribution is -2.06. The molecule has 2 heteroatoms. The Bertz CT molecular complexity index is 492. The van der Waals surface area contributed by atoms with Gasteiger partial charge in [-0.1, -0.05) is 48.0 Å². The predicted octanol–water partition coefficient (Wildman–Crippen LogP) is 4.03. The molecule has 2 rings (SSSR count). The molecule has 1 unspecified atom stereocenters. The van der Waals surface area contributed by atoms with E-state index >= 15 is 0 Å². The number of nitrogens with two attached hydrogens (primary N) is 1. The van der Waals surface area contributed by atoms with Crippen LogP contribution >= 0.6 is 11.6 Å². The van der Waals surface area contributed by atoms with Gasteiger partial charge in [-0.2, -0.15) is 0 Å². The molecular weight excluding hydrogens is 218 g/mol. The quantitative estimate of drug-likeness (QED) is 0.830. The minimum absolute atomic E-state index is 0.0233. The average molecular weight is 232 g/mol. The van der Waals surface area contributed by atoms with Crippen LogP contribution < -0.4 is 5.73 Å². The first-order valence-electron chi connectivity index (χ1n) is 5.29. The van der Waals surface area contributed by atoms with Crippen molar-refractivity contribution in [2.24, 2.45) is 5.73 Å². The maximum atomic E-state index is 6.00. The highest BCUT2D eigenvalue weighted by Gasteiger charge is 2.07. The van der Waals surface area contributed by atoms with Crippen molar-refractivity contribution in [3.8, 4) is 11.1 Å². The van der Waals surface area contributed by atoms with Crippen molar-refractivity contribution in [1.82, 2.24) is 0 Å². The third kappa shape index (κ3) is 2.26. The van der Waals surface area contributed by atoms with Crippen LogP contribution in [0.4, 0.5) is 0 Å². The van der Waals surface area contributed by atoms with E-state index < -0.39 is 0 Å². The Balaban J connectivity index is 2.55. The summed E-state index contributed by atoms with van der Waals surface area (Å²) in [5.74, 6) is 0. The molecule has 16 heavy (non-hydrogen) atoms. The normalized spacial score (nSPS) is 12.4. The first-order chi connectivity index (χ1) is 7.68. The van der Waals surface area contributed by atoms with Crippen molar-refractivity contribution >= 4 is 11.6 Å². The molecule has 0 amide bonds. The zero-order chi connectivity index (χ0) is 11.5. The highest BCUT2D eigenvalue weighted by atomic mass is 35.5. The maximum Gasteiger partial charge on any atom is 0.0412 e. The fourth-order valence-electron chi connectivity index (χ4n) is 1.81.